The maximum Gasteiger partial charge on any atom is 0.240 e. The maximum absolute atomic E-state index is 12.5. The molecule has 1 heterocycles. The van der Waals surface area contributed by atoms with Crippen LogP contribution >= 0.6 is 0 Å². The standard InChI is InChI=1S/C17H29N5O3/c1-11(2)14(18)15(24)19-10-13(23)21-17(8-6-4-5-7-9-17)16-20-12(3)25-22-16/h11,14H,4-10,18H2,1-3H3,(H,19,24)(H,21,23)/t14-/m0/s1. The summed E-state index contributed by atoms with van der Waals surface area (Å²) in [6, 6.07) is -0.625. The number of aryl methyl sites for hydroxylation is 1. The molecule has 8 nitrogen and oxygen atoms in total. The number of carbonyl (C=O) groups excluding carboxylic acids is 2. The Morgan fingerprint density at radius 1 is 1.24 bits per heavy atom. The molecule has 8 heteroatoms. The quantitative estimate of drug-likeness (QED) is 0.661. The number of aromatic nitrogens is 2. The van der Waals surface area contributed by atoms with E-state index in [1.54, 1.807) is 6.92 Å². The van der Waals surface area contributed by atoms with Crippen LogP contribution in [0.5, 0.6) is 0 Å². The van der Waals surface area contributed by atoms with Crippen LogP contribution in [-0.4, -0.2) is 34.5 Å². The van der Waals surface area contributed by atoms with Crippen molar-refractivity contribution in [2.24, 2.45) is 11.7 Å². The highest BCUT2D eigenvalue weighted by molar-refractivity contribution is 5.87. The molecule has 0 unspecified atom stereocenters. The van der Waals surface area contributed by atoms with Gasteiger partial charge in [-0.1, -0.05) is 44.7 Å². The fourth-order valence-electron chi connectivity index (χ4n) is 3.13. The van der Waals surface area contributed by atoms with Crippen LogP contribution in [0.25, 0.3) is 0 Å². The minimum atomic E-state index is -0.629. The van der Waals surface area contributed by atoms with Crippen LogP contribution in [0.1, 0.15) is 64.1 Å². The minimum Gasteiger partial charge on any atom is -0.346 e. The molecule has 1 saturated carbocycles. The van der Waals surface area contributed by atoms with E-state index in [0.717, 1.165) is 38.5 Å². The van der Waals surface area contributed by atoms with Gasteiger partial charge in [0.25, 0.3) is 0 Å². The molecular weight excluding hydrogens is 322 g/mol. The van der Waals surface area contributed by atoms with Crippen molar-refractivity contribution in [1.29, 1.82) is 0 Å². The average Bonchev–Trinajstić information content (AvgIpc) is 2.88. The van der Waals surface area contributed by atoms with E-state index in [0.29, 0.717) is 11.7 Å². The second-order valence-corrected chi connectivity index (χ2v) is 7.17. The van der Waals surface area contributed by atoms with Crippen molar-refractivity contribution >= 4 is 11.8 Å². The highest BCUT2D eigenvalue weighted by Gasteiger charge is 2.38. The van der Waals surface area contributed by atoms with Crippen LogP contribution in [0, 0.1) is 12.8 Å². The Bertz CT molecular complexity index is 591. The highest BCUT2D eigenvalue weighted by Crippen LogP contribution is 2.34. The van der Waals surface area contributed by atoms with Crippen molar-refractivity contribution in [2.75, 3.05) is 6.54 Å². The summed E-state index contributed by atoms with van der Waals surface area (Å²) in [6.07, 6.45) is 5.73. The summed E-state index contributed by atoms with van der Waals surface area (Å²) in [5, 5.41) is 9.69. The molecule has 0 radical (unpaired) electrons. The Kier molecular flexibility index (Phi) is 6.52. The van der Waals surface area contributed by atoms with Crippen molar-refractivity contribution in [3.8, 4) is 0 Å². The molecule has 140 valence electrons. The van der Waals surface area contributed by atoms with E-state index >= 15 is 0 Å². The van der Waals surface area contributed by atoms with Crippen molar-refractivity contribution in [1.82, 2.24) is 20.8 Å². The zero-order chi connectivity index (χ0) is 18.4. The van der Waals surface area contributed by atoms with Crippen LogP contribution in [0.2, 0.25) is 0 Å². The van der Waals surface area contributed by atoms with Crippen LogP contribution in [-0.2, 0) is 15.1 Å². The molecule has 25 heavy (non-hydrogen) atoms. The summed E-state index contributed by atoms with van der Waals surface area (Å²) in [5.41, 5.74) is 5.17. The first-order valence-corrected chi connectivity index (χ1v) is 8.99. The van der Waals surface area contributed by atoms with Crippen molar-refractivity contribution in [2.45, 2.75) is 70.9 Å². The summed E-state index contributed by atoms with van der Waals surface area (Å²) in [5.74, 6) is 0.414. The van der Waals surface area contributed by atoms with Gasteiger partial charge in [0.15, 0.2) is 5.82 Å². The summed E-state index contributed by atoms with van der Waals surface area (Å²) in [6.45, 7) is 5.35. The number of nitrogens with one attached hydrogen (secondary N) is 2. The lowest BCUT2D eigenvalue weighted by Crippen LogP contribution is -2.52. The first-order valence-electron chi connectivity index (χ1n) is 8.99. The van der Waals surface area contributed by atoms with Gasteiger partial charge in [-0.15, -0.1) is 0 Å². The molecule has 0 saturated heterocycles. The molecular formula is C17H29N5O3. The molecule has 0 bridgehead atoms. The predicted octanol–water partition coefficient (Wildman–Crippen LogP) is 1.14. The zero-order valence-electron chi connectivity index (χ0n) is 15.3. The third-order valence-corrected chi connectivity index (χ3v) is 4.74. The number of rotatable bonds is 6. The SMILES string of the molecule is Cc1nc(C2(NC(=O)CNC(=O)[C@@H](N)C(C)C)CCCCCC2)no1. The lowest BCUT2D eigenvalue weighted by molar-refractivity contribution is -0.128. The van der Waals surface area contributed by atoms with Gasteiger partial charge in [-0.25, -0.2) is 0 Å². The molecule has 2 amide bonds. The number of hydrogen-bond donors (Lipinski definition) is 3. The average molecular weight is 351 g/mol. The number of carbonyl (C=O) groups is 2. The van der Waals surface area contributed by atoms with Gasteiger partial charge < -0.3 is 20.9 Å². The van der Waals surface area contributed by atoms with Gasteiger partial charge in [0.05, 0.1) is 12.6 Å². The highest BCUT2D eigenvalue weighted by atomic mass is 16.5. The van der Waals surface area contributed by atoms with E-state index in [2.05, 4.69) is 20.8 Å². The first-order chi connectivity index (χ1) is 11.8. The monoisotopic (exact) mass is 351 g/mol. The molecule has 0 aliphatic heterocycles. The molecule has 2 rings (SSSR count). The van der Waals surface area contributed by atoms with E-state index in [-0.39, 0.29) is 24.3 Å². The number of amides is 2. The fourth-order valence-corrected chi connectivity index (χ4v) is 3.13. The molecule has 0 aromatic carbocycles. The maximum atomic E-state index is 12.5. The molecule has 1 fully saturated rings. The van der Waals surface area contributed by atoms with Gasteiger partial charge in [0.2, 0.25) is 17.7 Å². The molecule has 1 aliphatic rings. The summed E-state index contributed by atoms with van der Waals surface area (Å²) in [7, 11) is 0. The lowest BCUT2D eigenvalue weighted by Gasteiger charge is -2.30. The van der Waals surface area contributed by atoms with Gasteiger partial charge in [0, 0.05) is 6.92 Å². The second kappa shape index (κ2) is 8.42. The molecule has 1 atom stereocenters. The summed E-state index contributed by atoms with van der Waals surface area (Å²) in [4.78, 5) is 28.7. The Hall–Kier alpha value is -1.96. The van der Waals surface area contributed by atoms with Crippen LogP contribution < -0.4 is 16.4 Å². The third kappa shape index (κ3) is 5.01. The number of nitrogens with zero attached hydrogens (tertiary/aromatic N) is 2. The van der Waals surface area contributed by atoms with Gasteiger partial charge >= 0.3 is 0 Å². The second-order valence-electron chi connectivity index (χ2n) is 7.17. The largest absolute Gasteiger partial charge is 0.346 e. The Labute approximate surface area is 148 Å². The first kappa shape index (κ1) is 19.4. The van der Waals surface area contributed by atoms with E-state index < -0.39 is 11.6 Å². The van der Waals surface area contributed by atoms with Gasteiger partial charge in [-0.2, -0.15) is 4.98 Å². The Morgan fingerprint density at radius 3 is 2.40 bits per heavy atom. The van der Waals surface area contributed by atoms with Crippen LogP contribution in [0.4, 0.5) is 0 Å². The number of nitrogens with two attached hydrogens (primary N) is 1. The molecule has 0 spiro atoms. The van der Waals surface area contributed by atoms with Crippen molar-refractivity contribution in [3.05, 3.63) is 11.7 Å². The van der Waals surface area contributed by atoms with E-state index in [1.165, 1.54) is 0 Å². The van der Waals surface area contributed by atoms with Gasteiger partial charge in [0.1, 0.15) is 5.54 Å². The van der Waals surface area contributed by atoms with E-state index in [4.69, 9.17) is 10.3 Å². The zero-order valence-corrected chi connectivity index (χ0v) is 15.3. The summed E-state index contributed by atoms with van der Waals surface area (Å²) < 4.78 is 5.12. The van der Waals surface area contributed by atoms with Gasteiger partial charge in [-0.3, -0.25) is 9.59 Å². The Balaban J connectivity index is 2.04. The van der Waals surface area contributed by atoms with Gasteiger partial charge in [-0.05, 0) is 18.8 Å². The summed E-state index contributed by atoms with van der Waals surface area (Å²) >= 11 is 0. The molecule has 1 aromatic rings. The topological polar surface area (TPSA) is 123 Å². The third-order valence-electron chi connectivity index (χ3n) is 4.74. The van der Waals surface area contributed by atoms with Crippen molar-refractivity contribution < 1.29 is 14.1 Å². The Morgan fingerprint density at radius 2 is 1.88 bits per heavy atom. The van der Waals surface area contributed by atoms with Crippen LogP contribution in [0.15, 0.2) is 4.52 Å². The van der Waals surface area contributed by atoms with Crippen molar-refractivity contribution in [3.63, 3.8) is 0 Å². The number of hydrogen-bond acceptors (Lipinski definition) is 6. The molecule has 4 N–H and O–H groups in total. The fraction of sp³-hybridized carbons (Fsp3) is 0.765. The van der Waals surface area contributed by atoms with Crippen LogP contribution in [0.3, 0.4) is 0 Å². The smallest absolute Gasteiger partial charge is 0.240 e. The van der Waals surface area contributed by atoms with E-state index in [1.807, 2.05) is 13.8 Å². The predicted molar refractivity (Wildman–Crippen MR) is 92.4 cm³/mol. The molecule has 1 aromatic heterocycles. The lowest BCUT2D eigenvalue weighted by atomic mass is 9.89. The molecule has 1 aliphatic carbocycles. The van der Waals surface area contributed by atoms with E-state index in [9.17, 15) is 9.59 Å². The minimum absolute atomic E-state index is 0.0126. The normalized spacial score (nSPS) is 18.4.